The predicted molar refractivity (Wildman–Crippen MR) is 73.7 cm³/mol. The van der Waals surface area contributed by atoms with Crippen LogP contribution in [0.15, 0.2) is 0 Å². The summed E-state index contributed by atoms with van der Waals surface area (Å²) >= 11 is 1.91. The lowest BCUT2D eigenvalue weighted by atomic mass is 10.2. The van der Waals surface area contributed by atoms with Crippen molar-refractivity contribution in [3.05, 3.63) is 15.6 Å². The first-order chi connectivity index (χ1) is 8.22. The van der Waals surface area contributed by atoms with Crippen molar-refractivity contribution in [3.8, 4) is 0 Å². The first kappa shape index (κ1) is 13.0. The maximum absolute atomic E-state index is 4.69. The van der Waals surface area contributed by atoms with Crippen molar-refractivity contribution in [3.63, 3.8) is 0 Å². The van der Waals surface area contributed by atoms with Gasteiger partial charge in [-0.05, 0) is 26.7 Å². The van der Waals surface area contributed by atoms with Crippen molar-refractivity contribution in [2.75, 3.05) is 26.2 Å². The van der Waals surface area contributed by atoms with Gasteiger partial charge in [-0.15, -0.1) is 11.3 Å². The lowest BCUT2D eigenvalue weighted by Gasteiger charge is -2.32. The monoisotopic (exact) mass is 253 g/mol. The third kappa shape index (κ3) is 3.06. The Morgan fingerprint density at radius 3 is 2.76 bits per heavy atom. The van der Waals surface area contributed by atoms with E-state index >= 15 is 0 Å². The summed E-state index contributed by atoms with van der Waals surface area (Å²) < 4.78 is 0. The van der Waals surface area contributed by atoms with Crippen molar-refractivity contribution in [2.45, 2.75) is 39.7 Å². The topological polar surface area (TPSA) is 28.2 Å². The molecule has 1 aliphatic heterocycles. The second-order valence-corrected chi connectivity index (χ2v) is 5.88. The third-order valence-corrected chi connectivity index (χ3v) is 4.81. The van der Waals surface area contributed by atoms with Crippen LogP contribution in [0, 0.1) is 6.92 Å². The van der Waals surface area contributed by atoms with Gasteiger partial charge >= 0.3 is 0 Å². The molecule has 0 aliphatic carbocycles. The smallest absolute Gasteiger partial charge is 0.0931 e. The fourth-order valence-electron chi connectivity index (χ4n) is 2.41. The molecule has 96 valence electrons. The van der Waals surface area contributed by atoms with Crippen molar-refractivity contribution >= 4 is 11.3 Å². The number of hydrogen-bond acceptors (Lipinski definition) is 4. The van der Waals surface area contributed by atoms with E-state index < -0.39 is 0 Å². The molecule has 1 aromatic rings. The molecule has 0 amide bonds. The van der Waals surface area contributed by atoms with Gasteiger partial charge in [0.25, 0.3) is 0 Å². The molecule has 0 radical (unpaired) electrons. The quantitative estimate of drug-likeness (QED) is 0.893. The Bertz CT molecular complexity index is 356. The summed E-state index contributed by atoms with van der Waals surface area (Å²) in [7, 11) is 0. The van der Waals surface area contributed by atoms with Crippen LogP contribution >= 0.6 is 11.3 Å². The molecule has 0 aromatic carbocycles. The standard InChI is InChI=1S/C13H23N3S/c1-4-5-12-15-10(2)13(17-12)11(3)16-8-6-14-7-9-16/h11,14H,4-9H2,1-3H3. The van der Waals surface area contributed by atoms with Crippen LogP contribution in [0.5, 0.6) is 0 Å². The Balaban J connectivity index is 2.09. The van der Waals surface area contributed by atoms with E-state index in [2.05, 4.69) is 31.0 Å². The maximum atomic E-state index is 4.69. The molecule has 1 atom stereocenters. The highest BCUT2D eigenvalue weighted by Gasteiger charge is 2.21. The lowest BCUT2D eigenvalue weighted by molar-refractivity contribution is 0.187. The summed E-state index contributed by atoms with van der Waals surface area (Å²) in [5.41, 5.74) is 1.24. The van der Waals surface area contributed by atoms with Crippen molar-refractivity contribution in [1.29, 1.82) is 0 Å². The summed E-state index contributed by atoms with van der Waals surface area (Å²) in [5, 5.41) is 4.71. The number of aromatic nitrogens is 1. The van der Waals surface area contributed by atoms with Crippen LogP contribution in [0.4, 0.5) is 0 Å². The van der Waals surface area contributed by atoms with E-state index in [1.54, 1.807) is 0 Å². The zero-order chi connectivity index (χ0) is 12.3. The summed E-state index contributed by atoms with van der Waals surface area (Å²) in [6.45, 7) is 11.2. The number of hydrogen-bond donors (Lipinski definition) is 1. The summed E-state index contributed by atoms with van der Waals surface area (Å²) in [6.07, 6.45) is 2.31. The predicted octanol–water partition coefficient (Wildman–Crippen LogP) is 2.37. The van der Waals surface area contributed by atoms with Gasteiger partial charge in [-0.3, -0.25) is 4.90 Å². The first-order valence-electron chi connectivity index (χ1n) is 6.63. The van der Waals surface area contributed by atoms with Gasteiger partial charge in [-0.25, -0.2) is 4.98 Å². The van der Waals surface area contributed by atoms with Crippen LogP contribution in [0.2, 0.25) is 0 Å². The SMILES string of the molecule is CCCc1nc(C)c(C(C)N2CCNCC2)s1. The molecule has 1 unspecified atom stereocenters. The van der Waals surface area contributed by atoms with Crippen LogP contribution in [-0.2, 0) is 6.42 Å². The minimum atomic E-state index is 0.528. The molecule has 0 spiro atoms. The van der Waals surface area contributed by atoms with E-state index in [1.807, 2.05) is 11.3 Å². The molecular formula is C13H23N3S. The van der Waals surface area contributed by atoms with Gasteiger partial charge in [0.2, 0.25) is 0 Å². The molecule has 2 rings (SSSR count). The molecule has 1 aromatic heterocycles. The third-order valence-electron chi connectivity index (χ3n) is 3.42. The molecule has 1 saturated heterocycles. The molecule has 17 heavy (non-hydrogen) atoms. The van der Waals surface area contributed by atoms with Crippen LogP contribution in [-0.4, -0.2) is 36.1 Å². The zero-order valence-corrected chi connectivity index (χ0v) is 11.9. The van der Waals surface area contributed by atoms with Crippen LogP contribution in [0.1, 0.15) is 41.9 Å². The fraction of sp³-hybridized carbons (Fsp3) is 0.769. The van der Waals surface area contributed by atoms with E-state index in [0.29, 0.717) is 6.04 Å². The molecule has 4 heteroatoms. The number of nitrogens with zero attached hydrogens (tertiary/aromatic N) is 2. The normalized spacial score (nSPS) is 19.5. The fourth-order valence-corrected chi connectivity index (χ4v) is 3.66. The summed E-state index contributed by atoms with van der Waals surface area (Å²) in [6, 6.07) is 0.528. The van der Waals surface area contributed by atoms with Crippen molar-refractivity contribution in [2.24, 2.45) is 0 Å². The highest BCUT2D eigenvalue weighted by atomic mass is 32.1. The minimum Gasteiger partial charge on any atom is -0.314 e. The van der Waals surface area contributed by atoms with Gasteiger partial charge in [0.1, 0.15) is 0 Å². The maximum Gasteiger partial charge on any atom is 0.0931 e. The van der Waals surface area contributed by atoms with Crippen LogP contribution in [0.25, 0.3) is 0 Å². The molecule has 1 fully saturated rings. The Labute approximate surface area is 108 Å². The zero-order valence-electron chi connectivity index (χ0n) is 11.1. The Hall–Kier alpha value is -0.450. The van der Waals surface area contributed by atoms with Gasteiger partial charge in [0.05, 0.1) is 10.7 Å². The second-order valence-electron chi connectivity index (χ2n) is 4.77. The Morgan fingerprint density at radius 1 is 1.41 bits per heavy atom. The van der Waals surface area contributed by atoms with E-state index in [4.69, 9.17) is 4.98 Å². The van der Waals surface area contributed by atoms with E-state index in [1.165, 1.54) is 22.0 Å². The van der Waals surface area contributed by atoms with Crippen molar-refractivity contribution in [1.82, 2.24) is 15.2 Å². The summed E-state index contributed by atoms with van der Waals surface area (Å²) in [4.78, 5) is 8.72. The number of thiazole rings is 1. The number of nitrogens with one attached hydrogen (secondary N) is 1. The van der Waals surface area contributed by atoms with Gasteiger partial charge in [0, 0.05) is 37.1 Å². The summed E-state index contributed by atoms with van der Waals surface area (Å²) in [5.74, 6) is 0. The Kier molecular flexibility index (Phi) is 4.54. The lowest BCUT2D eigenvalue weighted by Crippen LogP contribution is -2.44. The average Bonchev–Trinajstić information content (AvgIpc) is 2.71. The van der Waals surface area contributed by atoms with Gasteiger partial charge in [-0.1, -0.05) is 6.92 Å². The molecular weight excluding hydrogens is 230 g/mol. The molecule has 1 aliphatic rings. The molecule has 1 N–H and O–H groups in total. The van der Waals surface area contributed by atoms with E-state index in [9.17, 15) is 0 Å². The second kappa shape index (κ2) is 5.94. The molecule has 3 nitrogen and oxygen atoms in total. The Morgan fingerprint density at radius 2 is 2.12 bits per heavy atom. The average molecular weight is 253 g/mol. The van der Waals surface area contributed by atoms with Gasteiger partial charge < -0.3 is 5.32 Å². The van der Waals surface area contributed by atoms with E-state index in [-0.39, 0.29) is 0 Å². The first-order valence-corrected chi connectivity index (χ1v) is 7.45. The minimum absolute atomic E-state index is 0.528. The van der Waals surface area contributed by atoms with Crippen molar-refractivity contribution < 1.29 is 0 Å². The number of aryl methyl sites for hydroxylation is 2. The van der Waals surface area contributed by atoms with E-state index in [0.717, 1.165) is 32.6 Å². The largest absolute Gasteiger partial charge is 0.314 e. The van der Waals surface area contributed by atoms with Gasteiger partial charge in [-0.2, -0.15) is 0 Å². The number of rotatable bonds is 4. The van der Waals surface area contributed by atoms with Crippen LogP contribution in [0.3, 0.4) is 0 Å². The molecule has 0 saturated carbocycles. The highest BCUT2D eigenvalue weighted by Crippen LogP contribution is 2.29. The number of piperazine rings is 1. The van der Waals surface area contributed by atoms with Crippen LogP contribution < -0.4 is 5.32 Å². The van der Waals surface area contributed by atoms with Gasteiger partial charge in [0.15, 0.2) is 0 Å². The molecule has 2 heterocycles. The molecule has 0 bridgehead atoms. The highest BCUT2D eigenvalue weighted by molar-refractivity contribution is 7.11.